The number of ether oxygens (including phenoxy) is 1. The Morgan fingerprint density at radius 1 is 1.19 bits per heavy atom. The van der Waals surface area contributed by atoms with Gasteiger partial charge in [0, 0.05) is 19.0 Å². The summed E-state index contributed by atoms with van der Waals surface area (Å²) in [6, 6.07) is 1.60. The predicted octanol–water partition coefficient (Wildman–Crippen LogP) is 2.94. The van der Waals surface area contributed by atoms with Gasteiger partial charge in [0.1, 0.15) is 25.7 Å². The predicted molar refractivity (Wildman–Crippen MR) is 99.2 cm³/mol. The van der Waals surface area contributed by atoms with Gasteiger partial charge in [0.2, 0.25) is 0 Å². The molecule has 0 aromatic carbocycles. The minimum atomic E-state index is -0.736. The van der Waals surface area contributed by atoms with E-state index in [4.69, 9.17) is 9.57 Å². The second kappa shape index (κ2) is 8.22. The number of pyridine rings is 1. The lowest BCUT2D eigenvalue weighted by molar-refractivity contribution is -1.07. The van der Waals surface area contributed by atoms with Crippen molar-refractivity contribution in [1.82, 2.24) is 15.8 Å². The lowest BCUT2D eigenvalue weighted by Gasteiger charge is -2.34. The van der Waals surface area contributed by atoms with Gasteiger partial charge in [-0.1, -0.05) is 0 Å². The number of aromatic nitrogens is 1. The number of carbonyl (C=O) groups is 2. The van der Waals surface area contributed by atoms with Gasteiger partial charge >= 0.3 is 6.09 Å². The molecule has 26 heavy (non-hydrogen) atoms. The van der Waals surface area contributed by atoms with Crippen LogP contribution in [0.15, 0.2) is 16.7 Å². The first-order valence-electron chi connectivity index (χ1n) is 8.57. The molecule has 8 nitrogen and oxygen atoms in total. The van der Waals surface area contributed by atoms with Crippen LogP contribution in [0.5, 0.6) is 5.88 Å². The topological polar surface area (TPSA) is 89.6 Å². The molecule has 0 aliphatic carbocycles. The third-order valence-corrected chi connectivity index (χ3v) is 4.38. The zero-order valence-electron chi connectivity index (χ0n) is 15.6. The van der Waals surface area contributed by atoms with Gasteiger partial charge in [-0.15, -0.1) is 4.65 Å². The number of carbonyl (C=O) groups excluding carboxylic acids is 2. The molecule has 0 bridgehead atoms. The second-order valence-electron chi connectivity index (χ2n) is 7.49. The fourth-order valence-corrected chi connectivity index (χ4v) is 3.00. The molecule has 2 rings (SSSR count). The number of hydrogen-bond donors (Lipinski definition) is 2. The summed E-state index contributed by atoms with van der Waals surface area (Å²) in [5.74, 6) is -0.0694. The van der Waals surface area contributed by atoms with Crippen LogP contribution >= 0.6 is 15.9 Å². The molecule has 144 valence electrons. The summed E-state index contributed by atoms with van der Waals surface area (Å²) in [4.78, 5) is 34.0. The summed E-state index contributed by atoms with van der Waals surface area (Å²) in [6.45, 7) is 7.06. The molecule has 2 heterocycles. The molecule has 0 atom stereocenters. The Balaban J connectivity index is 1.95. The van der Waals surface area contributed by atoms with E-state index >= 15 is 0 Å². The normalized spacial score (nSPS) is 16.5. The van der Waals surface area contributed by atoms with Crippen LogP contribution in [0.2, 0.25) is 0 Å². The minimum Gasteiger partial charge on any atom is -0.443 e. The second-order valence-corrected chi connectivity index (χ2v) is 8.34. The molecule has 0 saturated carbocycles. The first kappa shape index (κ1) is 20.4. The highest BCUT2D eigenvalue weighted by Crippen LogP contribution is 2.27. The molecule has 1 aromatic heterocycles. The largest absolute Gasteiger partial charge is 0.443 e. The van der Waals surface area contributed by atoms with Crippen molar-refractivity contribution in [1.29, 1.82) is 0 Å². The van der Waals surface area contributed by atoms with Crippen LogP contribution < -0.4 is 15.7 Å². The summed E-state index contributed by atoms with van der Waals surface area (Å²) in [6.07, 6.45) is 4.12. The smallest absolute Gasteiger partial charge is 0.426 e. The van der Waals surface area contributed by atoms with E-state index in [1.165, 1.54) is 12.6 Å². The van der Waals surface area contributed by atoms with Crippen molar-refractivity contribution in [2.45, 2.75) is 45.6 Å². The molecule has 0 radical (unpaired) electrons. The number of rotatable bonds is 3. The highest BCUT2D eigenvalue weighted by atomic mass is 79.9. The van der Waals surface area contributed by atoms with Crippen LogP contribution in [0.25, 0.3) is 0 Å². The third kappa shape index (κ3) is 6.14. The van der Waals surface area contributed by atoms with Gasteiger partial charge in [0.15, 0.2) is 0 Å². The maximum absolute atomic E-state index is 12.1. The summed E-state index contributed by atoms with van der Waals surface area (Å²) >= 11 is 3.40. The van der Waals surface area contributed by atoms with Crippen molar-refractivity contribution in [3.63, 3.8) is 0 Å². The van der Waals surface area contributed by atoms with Crippen molar-refractivity contribution >= 4 is 27.9 Å². The minimum absolute atomic E-state index is 0.279. The molecule has 2 N–H and O–H groups in total. The van der Waals surface area contributed by atoms with E-state index < -0.39 is 17.6 Å². The molecular formula is C17H26BrN4O4+. The van der Waals surface area contributed by atoms with Gasteiger partial charge < -0.3 is 4.74 Å². The van der Waals surface area contributed by atoms with Crippen LogP contribution in [0.3, 0.4) is 0 Å². The van der Waals surface area contributed by atoms with Crippen LogP contribution in [-0.4, -0.2) is 47.4 Å². The van der Waals surface area contributed by atoms with Gasteiger partial charge in [0.25, 0.3) is 11.8 Å². The van der Waals surface area contributed by atoms with Gasteiger partial charge in [-0.2, -0.15) is 0 Å². The quantitative estimate of drug-likeness (QED) is 0.569. The zero-order valence-corrected chi connectivity index (χ0v) is 17.2. The summed E-state index contributed by atoms with van der Waals surface area (Å²) in [5.41, 5.74) is 4.13. The van der Waals surface area contributed by atoms with E-state index in [0.717, 1.165) is 25.9 Å². The zero-order chi connectivity index (χ0) is 19.4. The first-order chi connectivity index (χ1) is 12.1. The fraction of sp³-hybridized carbons (Fsp3) is 0.588. The molecule has 1 aliphatic rings. The number of nitrogens with one attached hydrogen (secondary N) is 2. The summed E-state index contributed by atoms with van der Waals surface area (Å²) in [5, 5.41) is 0. The molecule has 0 unspecified atom stereocenters. The first-order valence-corrected chi connectivity index (χ1v) is 9.36. The molecular weight excluding hydrogens is 404 g/mol. The number of hydroxylamine groups is 3. The Hall–Kier alpha value is -1.87. The lowest BCUT2D eigenvalue weighted by Crippen LogP contribution is -2.50. The molecule has 0 spiro atoms. The van der Waals surface area contributed by atoms with Gasteiger partial charge in [-0.05, 0) is 49.2 Å². The van der Waals surface area contributed by atoms with E-state index in [1.807, 2.05) is 7.05 Å². The van der Waals surface area contributed by atoms with Crippen molar-refractivity contribution in [3.8, 4) is 5.88 Å². The van der Waals surface area contributed by atoms with Crippen LogP contribution in [-0.2, 0) is 4.74 Å². The van der Waals surface area contributed by atoms with E-state index in [-0.39, 0.29) is 5.56 Å². The molecule has 1 aliphatic heterocycles. The number of hydrogen-bond acceptors (Lipinski definition) is 5. The van der Waals surface area contributed by atoms with E-state index in [2.05, 4.69) is 31.8 Å². The fourth-order valence-electron chi connectivity index (χ4n) is 2.58. The van der Waals surface area contributed by atoms with Crippen molar-refractivity contribution in [2.75, 3.05) is 20.1 Å². The molecule has 2 amide bonds. The monoisotopic (exact) mass is 429 g/mol. The Bertz CT molecular complexity index is 669. The number of quaternary nitrogens is 1. The maximum Gasteiger partial charge on any atom is 0.426 e. The Morgan fingerprint density at radius 2 is 1.85 bits per heavy atom. The highest BCUT2D eigenvalue weighted by Gasteiger charge is 2.29. The maximum atomic E-state index is 12.1. The molecule has 1 saturated heterocycles. The third-order valence-electron chi connectivity index (χ3n) is 3.82. The van der Waals surface area contributed by atoms with Gasteiger partial charge in [-0.3, -0.25) is 15.1 Å². The van der Waals surface area contributed by atoms with E-state index in [9.17, 15) is 9.59 Å². The highest BCUT2D eigenvalue weighted by molar-refractivity contribution is 9.10. The van der Waals surface area contributed by atoms with Crippen molar-refractivity contribution in [3.05, 3.63) is 22.3 Å². The summed E-state index contributed by atoms with van der Waals surface area (Å²) < 4.78 is 6.10. The van der Waals surface area contributed by atoms with Crippen LogP contribution in [0, 0.1) is 0 Å². The summed E-state index contributed by atoms with van der Waals surface area (Å²) in [7, 11) is 2.03. The number of hydrazine groups is 1. The SMILES string of the molecule is CC(C)(C)OC(=O)NNC(=O)c1cnc(O[N+]2(C)CCCCC2)c(Br)c1. The van der Waals surface area contributed by atoms with E-state index in [0.29, 0.717) is 15.0 Å². The average Bonchev–Trinajstić information content (AvgIpc) is 2.53. The molecule has 1 aromatic rings. The Labute approximate surface area is 161 Å². The average molecular weight is 430 g/mol. The van der Waals surface area contributed by atoms with Crippen LogP contribution in [0.1, 0.15) is 50.4 Å². The number of likely N-dealkylation sites (tertiary alicyclic amines) is 1. The number of piperidine rings is 1. The standard InChI is InChI=1S/C17H25BrN4O4/c1-17(2,3)25-16(24)21-20-14(23)12-10-13(18)15(19-11-12)26-22(4)8-6-5-7-9-22/h10-11H,5-9H2,1-4H3,(H-,20,21,23,24)/p+1. The van der Waals surface area contributed by atoms with Crippen LogP contribution in [0.4, 0.5) is 4.79 Å². The van der Waals surface area contributed by atoms with Crippen molar-refractivity contribution < 1.29 is 23.8 Å². The number of amides is 2. The van der Waals surface area contributed by atoms with Gasteiger partial charge in [-0.25, -0.2) is 15.2 Å². The Kier molecular flexibility index (Phi) is 6.46. The molecule has 9 heteroatoms. The number of halogens is 1. The number of nitrogens with zero attached hydrogens (tertiary/aromatic N) is 2. The molecule has 1 fully saturated rings. The van der Waals surface area contributed by atoms with Crippen molar-refractivity contribution in [2.24, 2.45) is 0 Å². The van der Waals surface area contributed by atoms with E-state index in [1.54, 1.807) is 26.8 Å². The Morgan fingerprint density at radius 3 is 2.42 bits per heavy atom. The lowest BCUT2D eigenvalue weighted by atomic mass is 10.1. The van der Waals surface area contributed by atoms with Gasteiger partial charge in [0.05, 0.1) is 10.0 Å².